The molecule has 22 heavy (non-hydrogen) atoms. The molecule has 0 saturated carbocycles. The average Bonchev–Trinajstić information content (AvgIpc) is 2.51. The second-order valence-electron chi connectivity index (χ2n) is 6.04. The second-order valence-corrected chi connectivity index (χ2v) is 6.04. The molecule has 0 bridgehead atoms. The van der Waals surface area contributed by atoms with Crippen LogP contribution in [0.3, 0.4) is 0 Å². The number of esters is 1. The molecule has 130 valence electrons. The molecule has 0 saturated heterocycles. The Hall–Kier alpha value is -1.06. The number of nitrogens with one attached hydrogen (secondary N) is 1. The summed E-state index contributed by atoms with van der Waals surface area (Å²) < 4.78 is 5.20. The zero-order chi connectivity index (χ0) is 16.6. The van der Waals surface area contributed by atoms with E-state index in [-0.39, 0.29) is 11.9 Å². The van der Waals surface area contributed by atoms with Crippen molar-refractivity contribution < 1.29 is 14.3 Å². The molecule has 0 aromatic carbocycles. The van der Waals surface area contributed by atoms with Gasteiger partial charge in [-0.15, -0.1) is 0 Å². The van der Waals surface area contributed by atoms with Crippen LogP contribution in [0.15, 0.2) is 0 Å². The fraction of sp³-hybridized carbons (Fsp3) is 0.889. The van der Waals surface area contributed by atoms with Gasteiger partial charge in [0.1, 0.15) is 6.04 Å². The molecule has 0 aromatic heterocycles. The van der Waals surface area contributed by atoms with E-state index in [1.165, 1.54) is 38.5 Å². The van der Waals surface area contributed by atoms with Crippen LogP contribution in [-0.4, -0.2) is 24.5 Å². The van der Waals surface area contributed by atoms with E-state index in [0.717, 1.165) is 25.7 Å². The summed E-state index contributed by atoms with van der Waals surface area (Å²) in [5.74, 6) is -0.397. The molecule has 0 heterocycles. The highest BCUT2D eigenvalue weighted by atomic mass is 16.5. The first kappa shape index (κ1) is 20.9. The zero-order valence-corrected chi connectivity index (χ0v) is 14.8. The molecule has 0 aromatic rings. The van der Waals surface area contributed by atoms with E-state index in [1.54, 1.807) is 6.92 Å². The number of hydrogen-bond acceptors (Lipinski definition) is 3. The van der Waals surface area contributed by atoms with E-state index < -0.39 is 6.04 Å². The topological polar surface area (TPSA) is 55.4 Å². The SMILES string of the molecule is CCCCCCCCCCOC(=O)C(C)NC(=O)CCCC. The number of carbonyl (C=O) groups excluding carboxylic acids is 2. The molecular formula is C18H35NO3. The zero-order valence-electron chi connectivity index (χ0n) is 14.8. The molecular weight excluding hydrogens is 278 g/mol. The summed E-state index contributed by atoms with van der Waals surface area (Å²) in [6.07, 6.45) is 12.1. The Morgan fingerprint density at radius 1 is 0.864 bits per heavy atom. The Labute approximate surface area is 136 Å². The lowest BCUT2D eigenvalue weighted by Gasteiger charge is -2.13. The molecule has 0 rings (SSSR count). The molecule has 1 N–H and O–H groups in total. The van der Waals surface area contributed by atoms with Crippen molar-refractivity contribution in [3.63, 3.8) is 0 Å². The van der Waals surface area contributed by atoms with Gasteiger partial charge in [0, 0.05) is 6.42 Å². The van der Waals surface area contributed by atoms with Crippen LogP contribution in [0.25, 0.3) is 0 Å². The van der Waals surface area contributed by atoms with Gasteiger partial charge in [-0.25, -0.2) is 4.79 Å². The molecule has 0 aliphatic heterocycles. The van der Waals surface area contributed by atoms with Gasteiger partial charge in [0.05, 0.1) is 6.61 Å². The Bertz CT molecular complexity index is 292. The lowest BCUT2D eigenvalue weighted by molar-refractivity contribution is -0.147. The van der Waals surface area contributed by atoms with Crippen molar-refractivity contribution in [3.05, 3.63) is 0 Å². The number of unbranched alkanes of at least 4 members (excludes halogenated alkanes) is 8. The minimum absolute atomic E-state index is 0.0709. The van der Waals surface area contributed by atoms with Crippen molar-refractivity contribution in [2.45, 2.75) is 97.4 Å². The van der Waals surface area contributed by atoms with Gasteiger partial charge in [-0.05, 0) is 19.8 Å². The third kappa shape index (κ3) is 12.7. The van der Waals surface area contributed by atoms with Crippen molar-refractivity contribution in [2.24, 2.45) is 0 Å². The van der Waals surface area contributed by atoms with Crippen LogP contribution in [0.5, 0.6) is 0 Å². The van der Waals surface area contributed by atoms with Gasteiger partial charge < -0.3 is 10.1 Å². The summed E-state index contributed by atoms with van der Waals surface area (Å²) in [5, 5.41) is 2.68. The standard InChI is InChI=1S/C18H35NO3/c1-4-6-8-9-10-11-12-13-15-22-18(21)16(3)19-17(20)14-7-5-2/h16H,4-15H2,1-3H3,(H,19,20). The molecule has 1 amide bonds. The third-order valence-electron chi connectivity index (χ3n) is 3.73. The Morgan fingerprint density at radius 3 is 2.00 bits per heavy atom. The Kier molecular flexibility index (Phi) is 14.1. The quantitative estimate of drug-likeness (QED) is 0.383. The minimum Gasteiger partial charge on any atom is -0.464 e. The maximum Gasteiger partial charge on any atom is 0.328 e. The van der Waals surface area contributed by atoms with Gasteiger partial charge >= 0.3 is 5.97 Å². The summed E-state index contributed by atoms with van der Waals surface area (Å²) in [5.41, 5.74) is 0. The summed E-state index contributed by atoms with van der Waals surface area (Å²) in [7, 11) is 0. The van der Waals surface area contributed by atoms with Crippen molar-refractivity contribution in [2.75, 3.05) is 6.61 Å². The fourth-order valence-electron chi connectivity index (χ4n) is 2.24. The van der Waals surface area contributed by atoms with Crippen LogP contribution in [0.2, 0.25) is 0 Å². The van der Waals surface area contributed by atoms with E-state index in [2.05, 4.69) is 12.2 Å². The maximum atomic E-state index is 11.7. The lowest BCUT2D eigenvalue weighted by Crippen LogP contribution is -2.39. The predicted octanol–water partition coefficient (Wildman–Crippen LogP) is 4.37. The highest BCUT2D eigenvalue weighted by molar-refractivity contribution is 5.84. The molecule has 0 radical (unpaired) electrons. The van der Waals surface area contributed by atoms with Gasteiger partial charge in [0.25, 0.3) is 0 Å². The predicted molar refractivity (Wildman–Crippen MR) is 90.7 cm³/mol. The molecule has 4 heteroatoms. The first-order valence-electron chi connectivity index (χ1n) is 9.07. The molecule has 0 spiro atoms. The number of carbonyl (C=O) groups is 2. The van der Waals surface area contributed by atoms with E-state index in [4.69, 9.17) is 4.74 Å². The van der Waals surface area contributed by atoms with Crippen LogP contribution < -0.4 is 5.32 Å². The third-order valence-corrected chi connectivity index (χ3v) is 3.73. The number of ether oxygens (including phenoxy) is 1. The smallest absolute Gasteiger partial charge is 0.328 e. The molecule has 0 aliphatic carbocycles. The number of amides is 1. The van der Waals surface area contributed by atoms with E-state index in [0.29, 0.717) is 13.0 Å². The van der Waals surface area contributed by atoms with E-state index in [1.807, 2.05) is 6.92 Å². The monoisotopic (exact) mass is 313 g/mol. The van der Waals surface area contributed by atoms with Crippen LogP contribution in [0, 0.1) is 0 Å². The largest absolute Gasteiger partial charge is 0.464 e. The van der Waals surface area contributed by atoms with E-state index >= 15 is 0 Å². The fourth-order valence-corrected chi connectivity index (χ4v) is 2.24. The van der Waals surface area contributed by atoms with Gasteiger partial charge in [0.15, 0.2) is 0 Å². The summed E-state index contributed by atoms with van der Waals surface area (Å²) >= 11 is 0. The summed E-state index contributed by atoms with van der Waals surface area (Å²) in [6, 6.07) is -0.543. The molecule has 1 unspecified atom stereocenters. The molecule has 0 fully saturated rings. The second kappa shape index (κ2) is 14.9. The Morgan fingerprint density at radius 2 is 1.41 bits per heavy atom. The van der Waals surface area contributed by atoms with Gasteiger partial charge in [-0.2, -0.15) is 0 Å². The Balaban J connectivity index is 3.49. The van der Waals surface area contributed by atoms with Crippen LogP contribution >= 0.6 is 0 Å². The number of hydrogen-bond donors (Lipinski definition) is 1. The van der Waals surface area contributed by atoms with Crippen molar-refractivity contribution in [3.8, 4) is 0 Å². The van der Waals surface area contributed by atoms with Gasteiger partial charge in [0.2, 0.25) is 5.91 Å². The molecule has 0 aliphatic rings. The summed E-state index contributed by atoms with van der Waals surface area (Å²) in [6.45, 7) is 6.40. The van der Waals surface area contributed by atoms with Gasteiger partial charge in [-0.3, -0.25) is 4.79 Å². The van der Waals surface area contributed by atoms with Gasteiger partial charge in [-0.1, -0.05) is 65.2 Å². The minimum atomic E-state index is -0.543. The van der Waals surface area contributed by atoms with Crippen molar-refractivity contribution in [1.82, 2.24) is 5.32 Å². The maximum absolute atomic E-state index is 11.7. The van der Waals surface area contributed by atoms with Crippen LogP contribution in [-0.2, 0) is 14.3 Å². The highest BCUT2D eigenvalue weighted by Gasteiger charge is 2.16. The van der Waals surface area contributed by atoms with Crippen LogP contribution in [0.1, 0.15) is 91.4 Å². The number of rotatable bonds is 14. The molecule has 1 atom stereocenters. The normalized spacial score (nSPS) is 12.0. The van der Waals surface area contributed by atoms with E-state index in [9.17, 15) is 9.59 Å². The average molecular weight is 313 g/mol. The summed E-state index contributed by atoms with van der Waals surface area (Å²) in [4.78, 5) is 23.2. The molecule has 4 nitrogen and oxygen atoms in total. The lowest BCUT2D eigenvalue weighted by atomic mass is 10.1. The van der Waals surface area contributed by atoms with Crippen molar-refractivity contribution >= 4 is 11.9 Å². The van der Waals surface area contributed by atoms with Crippen LogP contribution in [0.4, 0.5) is 0 Å². The first-order chi connectivity index (χ1) is 10.6. The first-order valence-corrected chi connectivity index (χ1v) is 9.07. The van der Waals surface area contributed by atoms with Crippen molar-refractivity contribution in [1.29, 1.82) is 0 Å². The highest BCUT2D eigenvalue weighted by Crippen LogP contribution is 2.08.